The molecule has 0 amide bonds. The summed E-state index contributed by atoms with van der Waals surface area (Å²) < 4.78 is 5.64. The second-order valence-electron chi connectivity index (χ2n) is 5.00. The number of rotatable bonds is 1. The highest BCUT2D eigenvalue weighted by Gasteiger charge is 2.49. The molecule has 0 aromatic carbocycles. The Morgan fingerprint density at radius 2 is 2.29 bits per heavy atom. The summed E-state index contributed by atoms with van der Waals surface area (Å²) >= 11 is 0. The van der Waals surface area contributed by atoms with Crippen molar-refractivity contribution in [2.24, 2.45) is 23.2 Å². The van der Waals surface area contributed by atoms with Crippen molar-refractivity contribution >= 4 is 0 Å². The lowest BCUT2D eigenvalue weighted by Crippen LogP contribution is -2.53. The molecule has 1 N–H and O–H groups in total. The van der Waals surface area contributed by atoms with Gasteiger partial charge in [-0.25, -0.2) is 0 Å². The summed E-state index contributed by atoms with van der Waals surface area (Å²) in [7, 11) is 0. The van der Waals surface area contributed by atoms with E-state index in [1.807, 2.05) is 0 Å². The number of aliphatic hydroxyl groups excluding tert-OH is 1. The Morgan fingerprint density at radius 3 is 2.93 bits per heavy atom. The number of aliphatic hydroxyl groups is 1. The molecular formula is C12H20O2. The van der Waals surface area contributed by atoms with E-state index >= 15 is 0 Å². The van der Waals surface area contributed by atoms with Gasteiger partial charge in [-0.1, -0.05) is 25.5 Å². The van der Waals surface area contributed by atoms with Gasteiger partial charge in [0.15, 0.2) is 0 Å². The highest BCUT2D eigenvalue weighted by atomic mass is 16.5. The molecule has 2 nitrogen and oxygen atoms in total. The monoisotopic (exact) mass is 196 g/mol. The van der Waals surface area contributed by atoms with Crippen LogP contribution in [0, 0.1) is 23.2 Å². The summed E-state index contributed by atoms with van der Waals surface area (Å²) in [5.41, 5.74) is 1.41. The summed E-state index contributed by atoms with van der Waals surface area (Å²) in [6.45, 7) is 8.44. The first-order chi connectivity index (χ1) is 6.62. The molecule has 80 valence electrons. The summed E-state index contributed by atoms with van der Waals surface area (Å²) in [6.07, 6.45) is 2.32. The second-order valence-corrected chi connectivity index (χ2v) is 5.00. The lowest BCUT2D eigenvalue weighted by molar-refractivity contribution is -0.124. The number of fused-ring (bicyclic) bond motifs is 2. The Bertz CT molecular complexity index is 259. The van der Waals surface area contributed by atoms with Gasteiger partial charge in [0, 0.05) is 11.3 Å². The van der Waals surface area contributed by atoms with E-state index in [1.54, 1.807) is 0 Å². The minimum Gasteiger partial charge on any atom is -0.396 e. The van der Waals surface area contributed by atoms with Gasteiger partial charge >= 0.3 is 0 Å². The minimum absolute atomic E-state index is 0.0254. The van der Waals surface area contributed by atoms with E-state index in [-0.39, 0.29) is 12.0 Å². The fourth-order valence-corrected chi connectivity index (χ4v) is 3.14. The van der Waals surface area contributed by atoms with Crippen LogP contribution < -0.4 is 0 Å². The van der Waals surface area contributed by atoms with E-state index < -0.39 is 0 Å². The van der Waals surface area contributed by atoms with Gasteiger partial charge in [0.25, 0.3) is 0 Å². The van der Waals surface area contributed by atoms with Crippen LogP contribution in [0.25, 0.3) is 0 Å². The zero-order valence-corrected chi connectivity index (χ0v) is 9.29. The molecule has 0 saturated carbocycles. The summed E-state index contributed by atoms with van der Waals surface area (Å²) in [5.74, 6) is 1.49. The lowest BCUT2D eigenvalue weighted by atomic mass is 9.58. The third kappa shape index (κ3) is 1.17. The Labute approximate surface area is 86.0 Å². The van der Waals surface area contributed by atoms with Gasteiger partial charge in [-0.05, 0) is 18.8 Å². The summed E-state index contributed by atoms with van der Waals surface area (Å²) in [4.78, 5) is 0. The fourth-order valence-electron chi connectivity index (χ4n) is 3.14. The molecule has 1 aliphatic carbocycles. The maximum Gasteiger partial charge on any atom is 0.0553 e. The Balaban J connectivity index is 2.40. The van der Waals surface area contributed by atoms with Crippen molar-refractivity contribution in [2.75, 3.05) is 19.8 Å². The van der Waals surface area contributed by atoms with Crippen LogP contribution >= 0.6 is 0 Å². The van der Waals surface area contributed by atoms with Crippen LogP contribution in [0.3, 0.4) is 0 Å². The molecule has 0 unspecified atom stereocenters. The quantitative estimate of drug-likeness (QED) is 0.648. The largest absolute Gasteiger partial charge is 0.396 e. The predicted octanol–water partition coefficient (Wildman–Crippen LogP) is 1.84. The van der Waals surface area contributed by atoms with E-state index in [1.165, 1.54) is 5.57 Å². The van der Waals surface area contributed by atoms with Crippen molar-refractivity contribution in [3.8, 4) is 0 Å². The second kappa shape index (κ2) is 3.35. The van der Waals surface area contributed by atoms with Crippen molar-refractivity contribution < 1.29 is 9.84 Å². The summed E-state index contributed by atoms with van der Waals surface area (Å²) in [6, 6.07) is 0. The first-order valence-corrected chi connectivity index (χ1v) is 5.49. The zero-order chi connectivity index (χ0) is 10.3. The SMILES string of the molecule is CC1=C[C@H](C)[C@@]2(CO)COC[C@@H]1[C@H]2C. The molecule has 0 aromatic rings. The van der Waals surface area contributed by atoms with E-state index in [0.29, 0.717) is 24.4 Å². The van der Waals surface area contributed by atoms with Crippen molar-refractivity contribution in [1.29, 1.82) is 0 Å². The molecule has 2 heteroatoms. The molecule has 1 saturated heterocycles. The van der Waals surface area contributed by atoms with Crippen LogP contribution in [0.4, 0.5) is 0 Å². The molecule has 1 fully saturated rings. The van der Waals surface area contributed by atoms with Crippen LogP contribution in [0.2, 0.25) is 0 Å². The molecule has 1 aliphatic heterocycles. The van der Waals surface area contributed by atoms with Gasteiger partial charge in [0.1, 0.15) is 0 Å². The maximum absolute atomic E-state index is 9.61. The molecule has 2 rings (SSSR count). The Hall–Kier alpha value is -0.340. The topological polar surface area (TPSA) is 29.5 Å². The van der Waals surface area contributed by atoms with E-state index in [2.05, 4.69) is 26.8 Å². The van der Waals surface area contributed by atoms with Gasteiger partial charge in [0.2, 0.25) is 0 Å². The van der Waals surface area contributed by atoms with E-state index in [4.69, 9.17) is 4.74 Å². The van der Waals surface area contributed by atoms with Crippen LogP contribution in [0.5, 0.6) is 0 Å². The lowest BCUT2D eigenvalue weighted by Gasteiger charge is -2.52. The number of hydrogen-bond donors (Lipinski definition) is 1. The van der Waals surface area contributed by atoms with E-state index in [0.717, 1.165) is 6.61 Å². The molecule has 0 radical (unpaired) electrons. The first-order valence-electron chi connectivity index (χ1n) is 5.49. The van der Waals surface area contributed by atoms with Crippen molar-refractivity contribution in [3.63, 3.8) is 0 Å². The first kappa shape index (κ1) is 10.2. The Kier molecular flexibility index (Phi) is 2.44. The number of ether oxygens (including phenoxy) is 1. The van der Waals surface area contributed by atoms with Gasteiger partial charge in [-0.2, -0.15) is 0 Å². The smallest absolute Gasteiger partial charge is 0.0553 e. The van der Waals surface area contributed by atoms with Crippen molar-refractivity contribution in [1.82, 2.24) is 0 Å². The molecule has 0 aromatic heterocycles. The zero-order valence-electron chi connectivity index (χ0n) is 9.29. The summed E-state index contributed by atoms with van der Waals surface area (Å²) in [5, 5.41) is 9.61. The van der Waals surface area contributed by atoms with Gasteiger partial charge in [0.05, 0.1) is 19.8 Å². The third-order valence-electron chi connectivity index (χ3n) is 4.48. The molecular weight excluding hydrogens is 176 g/mol. The van der Waals surface area contributed by atoms with Crippen LogP contribution in [0.15, 0.2) is 11.6 Å². The van der Waals surface area contributed by atoms with Gasteiger partial charge in [-0.3, -0.25) is 0 Å². The molecule has 14 heavy (non-hydrogen) atoms. The predicted molar refractivity (Wildman–Crippen MR) is 55.9 cm³/mol. The third-order valence-corrected chi connectivity index (χ3v) is 4.48. The Morgan fingerprint density at radius 1 is 1.57 bits per heavy atom. The highest BCUT2D eigenvalue weighted by Crippen LogP contribution is 2.49. The van der Waals surface area contributed by atoms with Crippen LogP contribution in [-0.2, 0) is 4.74 Å². The number of hydrogen-bond acceptors (Lipinski definition) is 2. The standard InChI is InChI=1S/C12H20O2/c1-8-4-9(2)12(6-13)7-14-5-11(8)10(12)3/h4,9-11,13H,5-7H2,1-3H3/t9-,10+,11-,12+/m0/s1. The molecule has 2 bridgehead atoms. The fraction of sp³-hybridized carbons (Fsp3) is 0.833. The molecule has 1 heterocycles. The maximum atomic E-state index is 9.61. The van der Waals surface area contributed by atoms with Gasteiger partial charge < -0.3 is 9.84 Å². The molecule has 4 atom stereocenters. The average Bonchev–Trinajstić information content (AvgIpc) is 2.15. The molecule has 0 spiro atoms. The normalized spacial score (nSPS) is 47.4. The average molecular weight is 196 g/mol. The van der Waals surface area contributed by atoms with Crippen molar-refractivity contribution in [2.45, 2.75) is 20.8 Å². The van der Waals surface area contributed by atoms with Crippen molar-refractivity contribution in [3.05, 3.63) is 11.6 Å². The van der Waals surface area contributed by atoms with E-state index in [9.17, 15) is 5.11 Å². The minimum atomic E-state index is -0.0254. The van der Waals surface area contributed by atoms with Crippen LogP contribution in [0.1, 0.15) is 20.8 Å². The van der Waals surface area contributed by atoms with Gasteiger partial charge in [-0.15, -0.1) is 0 Å². The number of allylic oxidation sites excluding steroid dienone is 1. The van der Waals surface area contributed by atoms with Crippen LogP contribution in [-0.4, -0.2) is 24.9 Å². The highest BCUT2D eigenvalue weighted by molar-refractivity contribution is 5.18. The molecule has 2 aliphatic rings.